The van der Waals surface area contributed by atoms with Gasteiger partial charge in [0.1, 0.15) is 0 Å². The lowest BCUT2D eigenvalue weighted by atomic mass is 10.0. The van der Waals surface area contributed by atoms with Crippen LogP contribution in [0.1, 0.15) is 39.0 Å². The summed E-state index contributed by atoms with van der Waals surface area (Å²) < 4.78 is 0. The number of aromatic nitrogens is 2. The van der Waals surface area contributed by atoms with E-state index in [4.69, 9.17) is 0 Å². The van der Waals surface area contributed by atoms with Crippen LogP contribution in [0.3, 0.4) is 0 Å². The smallest absolute Gasteiger partial charge is 0.225 e. The van der Waals surface area contributed by atoms with Crippen LogP contribution in [-0.4, -0.2) is 21.9 Å². The molecule has 2 aromatic carbocycles. The molecule has 1 aromatic heterocycles. The van der Waals surface area contributed by atoms with Gasteiger partial charge < -0.3 is 5.32 Å². The number of aromatic amines is 1. The van der Waals surface area contributed by atoms with E-state index in [1.807, 2.05) is 17.8 Å². The average Bonchev–Trinajstić information content (AvgIpc) is 3.32. The Balaban J connectivity index is 1.49. The van der Waals surface area contributed by atoms with Gasteiger partial charge in [-0.2, -0.15) is 5.10 Å². The zero-order valence-corrected chi connectivity index (χ0v) is 16.4. The minimum atomic E-state index is 0.0726. The van der Waals surface area contributed by atoms with Gasteiger partial charge in [0.05, 0.1) is 5.52 Å². The van der Waals surface area contributed by atoms with Crippen LogP contribution in [0.5, 0.6) is 0 Å². The third-order valence-electron chi connectivity index (χ3n) is 5.27. The SMILES string of the molecule is CCSc1ccc(-c2ccc3c(NC(=O)CC4CCCC4)n[nH]c3c2)cc1. The number of carbonyl (C=O) groups excluding carboxylic acids is 1. The number of thioether (sulfide) groups is 1. The van der Waals surface area contributed by atoms with Gasteiger partial charge in [0.15, 0.2) is 5.82 Å². The maximum atomic E-state index is 12.3. The van der Waals surface area contributed by atoms with Gasteiger partial charge in [-0.15, -0.1) is 11.8 Å². The molecule has 0 spiro atoms. The van der Waals surface area contributed by atoms with Gasteiger partial charge in [0, 0.05) is 16.7 Å². The van der Waals surface area contributed by atoms with Crippen LogP contribution in [0.4, 0.5) is 5.82 Å². The van der Waals surface area contributed by atoms with Crippen molar-refractivity contribution in [2.24, 2.45) is 5.92 Å². The normalized spacial score (nSPS) is 14.7. The first kappa shape index (κ1) is 18.1. The summed E-state index contributed by atoms with van der Waals surface area (Å²) in [6.07, 6.45) is 5.46. The first-order valence-electron chi connectivity index (χ1n) is 9.74. The van der Waals surface area contributed by atoms with Crippen molar-refractivity contribution in [1.82, 2.24) is 10.2 Å². The molecule has 1 fully saturated rings. The van der Waals surface area contributed by atoms with E-state index in [-0.39, 0.29) is 5.91 Å². The van der Waals surface area contributed by atoms with Crippen molar-refractivity contribution < 1.29 is 4.79 Å². The van der Waals surface area contributed by atoms with E-state index < -0.39 is 0 Å². The number of hydrogen-bond donors (Lipinski definition) is 2. The first-order chi connectivity index (χ1) is 13.2. The van der Waals surface area contributed by atoms with Crippen LogP contribution in [0.2, 0.25) is 0 Å². The van der Waals surface area contributed by atoms with Gasteiger partial charge in [0.2, 0.25) is 5.91 Å². The molecule has 4 nitrogen and oxygen atoms in total. The Labute approximate surface area is 164 Å². The predicted molar refractivity (Wildman–Crippen MR) is 113 cm³/mol. The van der Waals surface area contributed by atoms with E-state index in [0.717, 1.165) is 22.2 Å². The number of fused-ring (bicyclic) bond motifs is 1. The molecule has 0 saturated heterocycles. The number of rotatable bonds is 6. The number of carbonyl (C=O) groups is 1. The molecule has 0 bridgehead atoms. The monoisotopic (exact) mass is 379 g/mol. The lowest BCUT2D eigenvalue weighted by molar-refractivity contribution is -0.117. The molecule has 0 atom stereocenters. The average molecular weight is 380 g/mol. The van der Waals surface area contributed by atoms with Crippen molar-refractivity contribution in [1.29, 1.82) is 0 Å². The molecule has 5 heteroatoms. The number of nitrogens with one attached hydrogen (secondary N) is 2. The van der Waals surface area contributed by atoms with Gasteiger partial charge in [-0.3, -0.25) is 9.89 Å². The van der Waals surface area contributed by atoms with Crippen LogP contribution in [-0.2, 0) is 4.79 Å². The Morgan fingerprint density at radius 3 is 2.63 bits per heavy atom. The molecule has 1 heterocycles. The van der Waals surface area contributed by atoms with Crippen LogP contribution in [0.25, 0.3) is 22.0 Å². The summed E-state index contributed by atoms with van der Waals surface area (Å²) in [5.41, 5.74) is 3.26. The molecule has 140 valence electrons. The topological polar surface area (TPSA) is 57.8 Å². The van der Waals surface area contributed by atoms with E-state index in [2.05, 4.69) is 58.8 Å². The zero-order chi connectivity index (χ0) is 18.6. The first-order valence-corrected chi connectivity index (χ1v) is 10.7. The van der Waals surface area contributed by atoms with Crippen LogP contribution < -0.4 is 5.32 Å². The largest absolute Gasteiger partial charge is 0.309 e. The van der Waals surface area contributed by atoms with Gasteiger partial charge in [0.25, 0.3) is 0 Å². The van der Waals surface area contributed by atoms with Crippen molar-refractivity contribution >= 4 is 34.4 Å². The summed E-state index contributed by atoms with van der Waals surface area (Å²) in [5, 5.41) is 11.3. The number of nitrogens with zero attached hydrogens (tertiary/aromatic N) is 1. The molecule has 0 aliphatic heterocycles. The number of benzene rings is 2. The summed E-state index contributed by atoms with van der Waals surface area (Å²) in [7, 11) is 0. The van der Waals surface area contributed by atoms with Gasteiger partial charge in [-0.25, -0.2) is 0 Å². The third-order valence-corrected chi connectivity index (χ3v) is 6.16. The van der Waals surface area contributed by atoms with E-state index in [1.54, 1.807) is 0 Å². The highest BCUT2D eigenvalue weighted by Gasteiger charge is 2.19. The molecule has 1 aliphatic rings. The van der Waals surface area contributed by atoms with Gasteiger partial charge in [-0.1, -0.05) is 38.0 Å². The fourth-order valence-corrected chi connectivity index (χ4v) is 4.53. The van der Waals surface area contributed by atoms with Crippen molar-refractivity contribution in [2.45, 2.75) is 43.9 Å². The molecule has 2 N–H and O–H groups in total. The maximum Gasteiger partial charge on any atom is 0.225 e. The fraction of sp³-hybridized carbons (Fsp3) is 0.364. The second-order valence-electron chi connectivity index (χ2n) is 7.19. The molecule has 0 radical (unpaired) electrons. The van der Waals surface area contributed by atoms with E-state index in [1.165, 1.54) is 36.1 Å². The summed E-state index contributed by atoms with van der Waals surface area (Å²) in [5.74, 6) is 2.32. The second kappa shape index (κ2) is 8.17. The Hall–Kier alpha value is -2.27. The predicted octanol–water partition coefficient (Wildman–Crippen LogP) is 5.86. The number of anilines is 1. The molecule has 1 saturated carbocycles. The van der Waals surface area contributed by atoms with E-state index >= 15 is 0 Å². The number of H-pyrrole nitrogens is 1. The minimum Gasteiger partial charge on any atom is -0.309 e. The zero-order valence-electron chi connectivity index (χ0n) is 15.6. The molecule has 1 aliphatic carbocycles. The highest BCUT2D eigenvalue weighted by atomic mass is 32.2. The van der Waals surface area contributed by atoms with Crippen LogP contribution >= 0.6 is 11.8 Å². The van der Waals surface area contributed by atoms with Crippen molar-refractivity contribution in [2.75, 3.05) is 11.1 Å². The number of amides is 1. The maximum absolute atomic E-state index is 12.3. The Morgan fingerprint density at radius 1 is 1.15 bits per heavy atom. The number of hydrogen-bond acceptors (Lipinski definition) is 3. The molecule has 4 rings (SSSR count). The van der Waals surface area contributed by atoms with Crippen molar-refractivity contribution in [3.63, 3.8) is 0 Å². The standard InChI is InChI=1S/C22H25N3OS/c1-2-27-18-10-7-16(8-11-18)17-9-12-19-20(14-17)24-25-22(19)23-21(26)13-15-5-3-4-6-15/h7-12,14-15H,2-6,13H2,1H3,(H2,23,24,25,26). The molecule has 0 unspecified atom stereocenters. The molecule has 3 aromatic rings. The fourth-order valence-electron chi connectivity index (χ4n) is 3.86. The van der Waals surface area contributed by atoms with Gasteiger partial charge >= 0.3 is 0 Å². The lowest BCUT2D eigenvalue weighted by Gasteiger charge is -2.08. The Bertz CT molecular complexity index is 926. The molecular weight excluding hydrogens is 354 g/mol. The van der Waals surface area contributed by atoms with Gasteiger partial charge in [-0.05, 0) is 59.9 Å². The Morgan fingerprint density at radius 2 is 1.89 bits per heavy atom. The molecule has 1 amide bonds. The third kappa shape index (κ3) is 4.19. The van der Waals surface area contributed by atoms with Crippen molar-refractivity contribution in [3.05, 3.63) is 42.5 Å². The molecular formula is C22H25N3OS. The van der Waals surface area contributed by atoms with Crippen LogP contribution in [0, 0.1) is 5.92 Å². The van der Waals surface area contributed by atoms with E-state index in [0.29, 0.717) is 18.2 Å². The summed E-state index contributed by atoms with van der Waals surface area (Å²) in [6.45, 7) is 2.16. The quantitative estimate of drug-likeness (QED) is 0.527. The van der Waals surface area contributed by atoms with Crippen LogP contribution in [0.15, 0.2) is 47.4 Å². The summed E-state index contributed by atoms with van der Waals surface area (Å²) in [4.78, 5) is 13.6. The summed E-state index contributed by atoms with van der Waals surface area (Å²) >= 11 is 1.85. The highest BCUT2D eigenvalue weighted by molar-refractivity contribution is 7.99. The minimum absolute atomic E-state index is 0.0726. The Kier molecular flexibility index (Phi) is 5.48. The highest BCUT2D eigenvalue weighted by Crippen LogP contribution is 2.30. The summed E-state index contributed by atoms with van der Waals surface area (Å²) in [6, 6.07) is 14.8. The van der Waals surface area contributed by atoms with E-state index in [9.17, 15) is 4.79 Å². The van der Waals surface area contributed by atoms with Crippen molar-refractivity contribution in [3.8, 4) is 11.1 Å². The lowest BCUT2D eigenvalue weighted by Crippen LogP contribution is -2.15. The second-order valence-corrected chi connectivity index (χ2v) is 8.53. The molecule has 27 heavy (non-hydrogen) atoms.